The number of benzene rings is 6. The Labute approximate surface area is 361 Å². The van der Waals surface area contributed by atoms with Crippen molar-refractivity contribution in [3.63, 3.8) is 0 Å². The van der Waals surface area contributed by atoms with Crippen molar-refractivity contribution in [2.75, 3.05) is 0 Å². The first kappa shape index (κ1) is 36.2. The summed E-state index contributed by atoms with van der Waals surface area (Å²) in [6.45, 7) is 3.38. The van der Waals surface area contributed by atoms with Gasteiger partial charge in [0.25, 0.3) is 0 Å². The zero-order valence-electron chi connectivity index (χ0n) is 32.6. The third-order valence-electron chi connectivity index (χ3n) is 12.4. The molecule has 0 atom stereocenters. The Kier molecular flexibility index (Phi) is 9.36. The van der Waals surface area contributed by atoms with Gasteiger partial charge in [-0.1, -0.05) is 112 Å². The minimum atomic E-state index is 0.972. The number of aromatic nitrogens is 2. The maximum atomic E-state index is 2.56. The number of para-hydroxylation sites is 2. The molecule has 0 amide bonds. The van der Waals surface area contributed by atoms with Gasteiger partial charge >= 0.3 is 0 Å². The molecule has 4 heterocycles. The van der Waals surface area contributed by atoms with E-state index in [2.05, 4.69) is 183 Å². The molecule has 0 saturated carbocycles. The third-order valence-corrected chi connectivity index (χ3v) is 15.8. The summed E-state index contributed by atoms with van der Waals surface area (Å²) >= 11 is 6.22. The highest BCUT2D eigenvalue weighted by Gasteiger charge is 2.21. The molecule has 1 aliphatic carbocycles. The lowest BCUT2D eigenvalue weighted by atomic mass is 10.0. The second-order valence-corrected chi connectivity index (χ2v) is 19.1. The van der Waals surface area contributed by atoms with Crippen LogP contribution in [0.25, 0.3) is 96.5 Å². The molecule has 58 heavy (non-hydrogen) atoms. The predicted molar refractivity (Wildman–Crippen MR) is 261 cm³/mol. The Balaban J connectivity index is 0.828. The molecule has 1 aliphatic rings. The van der Waals surface area contributed by atoms with Crippen molar-refractivity contribution in [1.29, 1.82) is 0 Å². The molecule has 0 radical (unpaired) electrons. The molecule has 284 valence electrons. The Bertz CT molecular complexity index is 3170. The number of aryl methyl sites for hydroxylation is 1. The Morgan fingerprint density at radius 2 is 0.897 bits per heavy atom. The average molecular weight is 899 g/mol. The number of unbranched alkanes of at least 4 members (excludes halogenated alkanes) is 5. The van der Waals surface area contributed by atoms with Gasteiger partial charge in [0.2, 0.25) is 0 Å². The van der Waals surface area contributed by atoms with Crippen LogP contribution in [-0.4, -0.2) is 7.35 Å². The first-order chi connectivity index (χ1) is 28.6. The van der Waals surface area contributed by atoms with Crippen molar-refractivity contribution in [2.45, 2.75) is 58.4 Å². The van der Waals surface area contributed by atoms with Crippen LogP contribution in [0.4, 0.5) is 0 Å². The predicted octanol–water partition coefficient (Wildman–Crippen LogP) is 16.8. The van der Waals surface area contributed by atoms with Crippen LogP contribution in [0.1, 0.15) is 56.6 Å². The van der Waals surface area contributed by atoms with Gasteiger partial charge in [-0.05, 0) is 130 Å². The fourth-order valence-electron chi connectivity index (χ4n) is 9.39. The molecule has 2 nitrogen and oxygen atoms in total. The molecule has 11 rings (SSSR count). The zero-order valence-corrected chi connectivity index (χ0v) is 36.4. The quantitative estimate of drug-likeness (QED) is 0.0904. The van der Waals surface area contributed by atoms with E-state index in [1.807, 2.05) is 22.7 Å². The van der Waals surface area contributed by atoms with Gasteiger partial charge in [-0.3, -0.25) is 2.78 Å². The van der Waals surface area contributed by atoms with E-state index in [-0.39, 0.29) is 0 Å². The van der Waals surface area contributed by atoms with Crippen LogP contribution in [-0.2, 0) is 13.0 Å². The van der Waals surface area contributed by atoms with E-state index < -0.39 is 0 Å². The summed E-state index contributed by atoms with van der Waals surface area (Å²) in [7, 11) is 0. The topological polar surface area (TPSA) is 9.86 Å². The number of rotatable bonds is 11. The molecule has 0 N–H and O–H groups in total. The summed E-state index contributed by atoms with van der Waals surface area (Å²) in [5.41, 5.74) is 16.0. The van der Waals surface area contributed by atoms with E-state index in [1.165, 1.54) is 146 Å². The van der Waals surface area contributed by atoms with E-state index >= 15 is 0 Å². The lowest BCUT2D eigenvalue weighted by Gasteiger charge is -2.08. The number of hydrogen-bond acceptors (Lipinski definition) is 2. The van der Waals surface area contributed by atoms with E-state index in [1.54, 1.807) is 0 Å². The molecule has 0 aliphatic heterocycles. The second-order valence-electron chi connectivity index (χ2n) is 15.9. The lowest BCUT2D eigenvalue weighted by Crippen LogP contribution is -1.97. The standard InChI is InChI=1S/C53H43IN2S2/c1-2-3-4-5-6-11-28-55-46-14-9-7-12-42(46)44-32-36(18-22-47(44)55)52-26-24-50(57-52)34-16-20-40-38(29-34)31-39-30-35(17-21-41(39)40)51-25-27-53(58-51)37-19-23-49-45(33-37)43-13-8-10-15-48(43)56(49)54/h7-10,12-27,29-30,32-33H,2-6,11,28,31H2,1H3. The Hall–Kier alpha value is -4.95. The minimum Gasteiger partial charge on any atom is -0.340 e. The normalized spacial score (nSPS) is 12.4. The van der Waals surface area contributed by atoms with Crippen molar-refractivity contribution >= 4 is 89.1 Å². The SMILES string of the molecule is CCCCCCCCn1c2ccccc2c2cc(-c3ccc(-c4ccc5c(c4)Cc4cc(-c6ccc(-c7ccc8c(c7)c7ccccc7n8I)s6)ccc4-5)s3)ccc21. The van der Waals surface area contributed by atoms with Crippen LogP contribution >= 0.6 is 45.5 Å². The first-order valence-corrected chi connectivity index (χ1v) is 23.4. The van der Waals surface area contributed by atoms with Crippen molar-refractivity contribution in [2.24, 2.45) is 0 Å². The fraction of sp³-hybridized carbons (Fsp3) is 0.170. The van der Waals surface area contributed by atoms with Gasteiger partial charge in [-0.25, -0.2) is 0 Å². The van der Waals surface area contributed by atoms with Gasteiger partial charge in [0.05, 0.1) is 33.9 Å². The van der Waals surface area contributed by atoms with Crippen LogP contribution in [0.3, 0.4) is 0 Å². The summed E-state index contributed by atoms with van der Waals surface area (Å²) in [6.07, 6.45) is 8.87. The fourth-order valence-corrected chi connectivity index (χ4v) is 12.2. The molecule has 0 saturated heterocycles. The maximum absolute atomic E-state index is 2.56. The maximum Gasteiger partial charge on any atom is 0.0646 e. The summed E-state index contributed by atoms with van der Waals surface area (Å²) in [5.74, 6) is 0. The highest BCUT2D eigenvalue weighted by molar-refractivity contribution is 14.1. The monoisotopic (exact) mass is 898 g/mol. The van der Waals surface area contributed by atoms with Crippen LogP contribution in [0.15, 0.2) is 146 Å². The summed E-state index contributed by atoms with van der Waals surface area (Å²) in [5, 5.41) is 5.35. The van der Waals surface area contributed by atoms with E-state index in [9.17, 15) is 0 Å². The highest BCUT2D eigenvalue weighted by atomic mass is 127. The first-order valence-electron chi connectivity index (χ1n) is 20.8. The molecular formula is C53H43IN2S2. The van der Waals surface area contributed by atoms with Crippen molar-refractivity contribution < 1.29 is 0 Å². The summed E-state index contributed by atoms with van der Waals surface area (Å²) in [4.78, 5) is 5.27. The number of hydrogen-bond donors (Lipinski definition) is 0. The van der Waals surface area contributed by atoms with Gasteiger partial charge in [0.1, 0.15) is 0 Å². The zero-order chi connectivity index (χ0) is 38.7. The van der Waals surface area contributed by atoms with Gasteiger partial charge in [0, 0.05) is 58.6 Å². The van der Waals surface area contributed by atoms with Gasteiger partial charge in [0.15, 0.2) is 0 Å². The van der Waals surface area contributed by atoms with Gasteiger partial charge in [-0.2, -0.15) is 0 Å². The number of fused-ring (bicyclic) bond motifs is 9. The highest BCUT2D eigenvalue weighted by Crippen LogP contribution is 2.45. The number of nitrogens with zero attached hydrogens (tertiary/aromatic N) is 2. The van der Waals surface area contributed by atoms with Gasteiger partial charge in [-0.15, -0.1) is 22.7 Å². The molecule has 0 unspecified atom stereocenters. The second kappa shape index (κ2) is 15.0. The van der Waals surface area contributed by atoms with Crippen molar-refractivity contribution in [1.82, 2.24) is 7.35 Å². The largest absolute Gasteiger partial charge is 0.340 e. The molecule has 10 aromatic rings. The number of halogens is 1. The van der Waals surface area contributed by atoms with Crippen molar-refractivity contribution in [3.8, 4) is 52.9 Å². The van der Waals surface area contributed by atoms with E-state index in [0.29, 0.717) is 0 Å². The van der Waals surface area contributed by atoms with Crippen LogP contribution in [0.5, 0.6) is 0 Å². The molecule has 0 bridgehead atoms. The molecule has 6 aromatic carbocycles. The van der Waals surface area contributed by atoms with Crippen LogP contribution in [0.2, 0.25) is 0 Å². The van der Waals surface area contributed by atoms with Crippen LogP contribution < -0.4 is 0 Å². The van der Waals surface area contributed by atoms with Gasteiger partial charge < -0.3 is 4.57 Å². The number of thiophene rings is 2. The smallest absolute Gasteiger partial charge is 0.0646 e. The third kappa shape index (κ3) is 6.25. The van der Waals surface area contributed by atoms with E-state index in [0.717, 1.165) is 13.0 Å². The molecule has 5 heteroatoms. The van der Waals surface area contributed by atoms with Crippen molar-refractivity contribution in [3.05, 3.63) is 157 Å². The molecule has 0 spiro atoms. The summed E-state index contributed by atoms with van der Waals surface area (Å²) in [6, 6.07) is 55.2. The molecular weight excluding hydrogens is 856 g/mol. The molecule has 0 fully saturated rings. The summed E-state index contributed by atoms with van der Waals surface area (Å²) < 4.78 is 4.83. The van der Waals surface area contributed by atoms with Crippen LogP contribution in [0, 0.1) is 0 Å². The minimum absolute atomic E-state index is 0.972. The molecule has 4 aromatic heterocycles. The Morgan fingerprint density at radius 3 is 1.52 bits per heavy atom. The Morgan fingerprint density at radius 1 is 0.448 bits per heavy atom. The van der Waals surface area contributed by atoms with E-state index in [4.69, 9.17) is 0 Å². The average Bonchev–Trinajstić information content (AvgIpc) is 4.11. The lowest BCUT2D eigenvalue weighted by molar-refractivity contribution is 0.571.